The molecule has 0 radical (unpaired) electrons. The Morgan fingerprint density at radius 3 is 2.42 bits per heavy atom. The molecule has 0 unspecified atom stereocenters. The van der Waals surface area contributed by atoms with E-state index in [4.69, 9.17) is 18.4 Å². The summed E-state index contributed by atoms with van der Waals surface area (Å²) in [5, 5.41) is 0.355. The zero-order valence-corrected chi connectivity index (χ0v) is 9.67. The van der Waals surface area contributed by atoms with Crippen molar-refractivity contribution in [3.63, 3.8) is 0 Å². The summed E-state index contributed by atoms with van der Waals surface area (Å²) < 4.78 is 28.9. The van der Waals surface area contributed by atoms with Crippen LogP contribution in [0.5, 0.6) is 0 Å². The maximum atomic E-state index is 10.9. The molecule has 0 atom stereocenters. The Labute approximate surface area is 80.1 Å². The second-order valence-electron chi connectivity index (χ2n) is 2.47. The second-order valence-corrected chi connectivity index (χ2v) is 7.39. The first-order valence-corrected chi connectivity index (χ1v) is 8.21. The van der Waals surface area contributed by atoms with Gasteiger partial charge in [0.2, 0.25) is 0 Å². The quantitative estimate of drug-likeness (QED) is 0.729. The SMILES string of the molecule is Cc1ccc(Cl)c[c]1[Sb](=[O])([OH])[OH]. The van der Waals surface area contributed by atoms with Crippen LogP contribution in [0.3, 0.4) is 0 Å². The van der Waals surface area contributed by atoms with Crippen LogP contribution in [0.25, 0.3) is 0 Å². The molecular weight excluding hydrogens is 289 g/mol. The predicted octanol–water partition coefficient (Wildman–Crippen LogP) is 0.209. The van der Waals surface area contributed by atoms with Crippen molar-refractivity contribution in [1.82, 2.24) is 0 Å². The molecule has 1 rings (SSSR count). The topological polar surface area (TPSA) is 57.5 Å². The fraction of sp³-hybridized carbons (Fsp3) is 0.143. The molecule has 0 bridgehead atoms. The molecule has 1 aromatic rings. The van der Waals surface area contributed by atoms with Crippen molar-refractivity contribution in [2.45, 2.75) is 6.92 Å². The molecule has 0 spiro atoms. The van der Waals surface area contributed by atoms with Crippen molar-refractivity contribution in [2.24, 2.45) is 0 Å². The fourth-order valence-corrected chi connectivity index (χ4v) is 3.70. The molecule has 0 aromatic heterocycles. The van der Waals surface area contributed by atoms with Crippen LogP contribution >= 0.6 is 11.6 Å². The first-order valence-electron chi connectivity index (χ1n) is 3.23. The van der Waals surface area contributed by atoms with E-state index >= 15 is 0 Å². The van der Waals surface area contributed by atoms with E-state index in [0.717, 1.165) is 0 Å². The van der Waals surface area contributed by atoms with Gasteiger partial charge < -0.3 is 0 Å². The third kappa shape index (κ3) is 2.27. The molecular formula is C7H8ClO3Sb. The minimum atomic E-state index is -5.05. The number of rotatable bonds is 1. The van der Waals surface area contributed by atoms with Crippen molar-refractivity contribution >= 4 is 34.7 Å². The molecule has 3 nitrogen and oxygen atoms in total. The zero-order valence-electron chi connectivity index (χ0n) is 6.36. The summed E-state index contributed by atoms with van der Waals surface area (Å²) in [5.74, 6) is 0. The van der Waals surface area contributed by atoms with E-state index in [2.05, 4.69) is 0 Å². The second kappa shape index (κ2) is 3.42. The summed E-state index contributed by atoms with van der Waals surface area (Å²) in [7, 11) is 0. The monoisotopic (exact) mass is 296 g/mol. The van der Waals surface area contributed by atoms with Crippen LogP contribution in [-0.2, 0) is 3.02 Å². The molecule has 0 saturated heterocycles. The summed E-state index contributed by atoms with van der Waals surface area (Å²) in [6.45, 7) is 1.65. The van der Waals surface area contributed by atoms with Gasteiger partial charge in [-0.25, -0.2) is 0 Å². The van der Waals surface area contributed by atoms with Gasteiger partial charge in [-0.1, -0.05) is 0 Å². The number of benzene rings is 1. The van der Waals surface area contributed by atoms with Gasteiger partial charge in [0.1, 0.15) is 0 Å². The summed E-state index contributed by atoms with van der Waals surface area (Å²) in [4.78, 5) is 0. The van der Waals surface area contributed by atoms with Crippen LogP contribution in [0.15, 0.2) is 18.2 Å². The summed E-state index contributed by atoms with van der Waals surface area (Å²) in [6, 6.07) is 4.54. The maximum absolute atomic E-state index is 10.9. The number of hydrogen-bond acceptors (Lipinski definition) is 1. The van der Waals surface area contributed by atoms with E-state index in [-0.39, 0.29) is 3.51 Å². The molecule has 0 heterocycles. The first-order chi connectivity index (χ1) is 5.41. The van der Waals surface area contributed by atoms with Gasteiger partial charge >= 0.3 is 80.2 Å². The van der Waals surface area contributed by atoms with Gasteiger partial charge in [-0.05, 0) is 0 Å². The van der Waals surface area contributed by atoms with E-state index in [1.54, 1.807) is 19.1 Å². The van der Waals surface area contributed by atoms with Crippen LogP contribution in [0.1, 0.15) is 5.56 Å². The van der Waals surface area contributed by atoms with Crippen LogP contribution in [0.4, 0.5) is 0 Å². The number of halogens is 1. The Morgan fingerprint density at radius 1 is 1.42 bits per heavy atom. The molecule has 5 heteroatoms. The molecule has 0 aliphatic rings. The Bertz CT molecular complexity index is 345. The van der Waals surface area contributed by atoms with Gasteiger partial charge in [0, 0.05) is 0 Å². The van der Waals surface area contributed by atoms with Crippen LogP contribution in [0, 0.1) is 6.92 Å². The molecule has 0 fully saturated rings. The van der Waals surface area contributed by atoms with Crippen molar-refractivity contribution < 1.29 is 9.79 Å². The van der Waals surface area contributed by atoms with E-state index in [9.17, 15) is 3.02 Å². The van der Waals surface area contributed by atoms with E-state index in [1.807, 2.05) is 0 Å². The van der Waals surface area contributed by atoms with Crippen LogP contribution in [-0.4, -0.2) is 26.4 Å². The molecule has 12 heavy (non-hydrogen) atoms. The van der Waals surface area contributed by atoms with Crippen LogP contribution in [0.2, 0.25) is 5.02 Å². The van der Waals surface area contributed by atoms with Crippen molar-refractivity contribution in [3.8, 4) is 0 Å². The Hall–Kier alpha value is 0.0482. The first kappa shape index (κ1) is 10.1. The van der Waals surface area contributed by atoms with E-state index in [0.29, 0.717) is 10.6 Å². The van der Waals surface area contributed by atoms with Gasteiger partial charge in [0.15, 0.2) is 0 Å². The molecule has 0 amide bonds. The Morgan fingerprint density at radius 2 is 2.00 bits per heavy atom. The van der Waals surface area contributed by atoms with Crippen LogP contribution < -0.4 is 3.51 Å². The van der Waals surface area contributed by atoms with Gasteiger partial charge in [-0.3, -0.25) is 0 Å². The third-order valence-corrected chi connectivity index (χ3v) is 4.89. The fourth-order valence-electron chi connectivity index (χ4n) is 0.896. The standard InChI is InChI=1S/C7H6Cl.2H2O.O.Sb/c1-6-2-4-7(8)5-3-6;;;;/h2,4-5H,1H3;2*1H2;;/q;;;;+2/p-2. The predicted molar refractivity (Wildman–Crippen MR) is 46.7 cm³/mol. The average molecular weight is 297 g/mol. The van der Waals surface area contributed by atoms with E-state index < -0.39 is 19.6 Å². The normalized spacial score (nSPS) is 11.7. The van der Waals surface area contributed by atoms with Crippen molar-refractivity contribution in [3.05, 3.63) is 28.8 Å². The number of aryl methyl sites for hydroxylation is 1. The average Bonchev–Trinajstić information content (AvgIpc) is 1.92. The van der Waals surface area contributed by atoms with Crippen molar-refractivity contribution in [2.75, 3.05) is 0 Å². The zero-order chi connectivity index (χ0) is 9.35. The molecule has 0 aliphatic heterocycles. The van der Waals surface area contributed by atoms with Crippen molar-refractivity contribution in [1.29, 1.82) is 0 Å². The third-order valence-electron chi connectivity index (χ3n) is 1.49. The molecule has 66 valence electrons. The number of hydrogen-bond donors (Lipinski definition) is 2. The van der Waals surface area contributed by atoms with E-state index in [1.165, 1.54) is 6.07 Å². The summed E-state index contributed by atoms with van der Waals surface area (Å²) >= 11 is 0.541. The molecule has 2 N–H and O–H groups in total. The molecule has 0 saturated carbocycles. The molecule has 0 aliphatic carbocycles. The van der Waals surface area contributed by atoms with Gasteiger partial charge in [-0.2, -0.15) is 0 Å². The Balaban J connectivity index is 3.33. The van der Waals surface area contributed by atoms with Gasteiger partial charge in [0.25, 0.3) is 0 Å². The molecule has 1 aromatic carbocycles. The Kier molecular flexibility index (Phi) is 2.89. The summed E-state index contributed by atoms with van der Waals surface area (Å²) in [5.41, 5.74) is 0.588. The van der Waals surface area contributed by atoms with Gasteiger partial charge in [-0.15, -0.1) is 0 Å². The summed E-state index contributed by atoms with van der Waals surface area (Å²) in [6.07, 6.45) is 0. The minimum absolute atomic E-state index is 0.0843. The van der Waals surface area contributed by atoms with Gasteiger partial charge in [0.05, 0.1) is 0 Å².